The molecule has 2 atom stereocenters. The summed E-state index contributed by atoms with van der Waals surface area (Å²) in [5.41, 5.74) is 0. The van der Waals surface area contributed by atoms with Crippen molar-refractivity contribution in [2.75, 3.05) is 0 Å². The molecule has 0 saturated heterocycles. The van der Waals surface area contributed by atoms with Gasteiger partial charge in [-0.2, -0.15) is 0 Å². The third-order valence-electron chi connectivity index (χ3n) is 2.19. The van der Waals surface area contributed by atoms with E-state index < -0.39 is 12.0 Å². The van der Waals surface area contributed by atoms with Crippen molar-refractivity contribution < 1.29 is 14.7 Å². The molecule has 0 spiro atoms. The lowest BCUT2D eigenvalue weighted by atomic mass is 10.0. The van der Waals surface area contributed by atoms with Gasteiger partial charge in [-0.1, -0.05) is 27.2 Å². The highest BCUT2D eigenvalue weighted by molar-refractivity contribution is 5.84. The number of aliphatic carboxylic acids is 1. The topological polar surface area (TPSA) is 66.4 Å². The van der Waals surface area contributed by atoms with E-state index in [1.807, 2.05) is 13.8 Å². The summed E-state index contributed by atoms with van der Waals surface area (Å²) in [5, 5.41) is 11.2. The summed E-state index contributed by atoms with van der Waals surface area (Å²) in [6.07, 6.45) is 2.14. The third kappa shape index (κ3) is 4.25. The first kappa shape index (κ1) is 12.9. The summed E-state index contributed by atoms with van der Waals surface area (Å²) < 4.78 is 0. The van der Waals surface area contributed by atoms with E-state index in [2.05, 4.69) is 5.32 Å². The van der Waals surface area contributed by atoms with E-state index in [-0.39, 0.29) is 11.8 Å². The molecule has 0 radical (unpaired) electrons. The number of amides is 1. The van der Waals surface area contributed by atoms with Gasteiger partial charge in [0, 0.05) is 5.92 Å². The number of nitrogens with one attached hydrogen (secondary N) is 1. The average Bonchev–Trinajstić information content (AvgIpc) is 2.13. The first-order chi connectivity index (χ1) is 6.52. The molecule has 0 aliphatic heterocycles. The highest BCUT2D eigenvalue weighted by Gasteiger charge is 2.20. The maximum atomic E-state index is 11.4. The van der Waals surface area contributed by atoms with Gasteiger partial charge in [-0.05, 0) is 12.8 Å². The smallest absolute Gasteiger partial charge is 0.326 e. The molecule has 0 aromatic rings. The molecular weight excluding hydrogens is 182 g/mol. The Hall–Kier alpha value is -1.06. The lowest BCUT2D eigenvalue weighted by molar-refractivity contribution is -0.142. The molecule has 14 heavy (non-hydrogen) atoms. The lowest BCUT2D eigenvalue weighted by Crippen LogP contribution is -2.42. The molecule has 0 rings (SSSR count). The Morgan fingerprint density at radius 1 is 1.36 bits per heavy atom. The Morgan fingerprint density at radius 2 is 1.93 bits per heavy atom. The van der Waals surface area contributed by atoms with Crippen molar-refractivity contribution in [2.24, 2.45) is 5.92 Å². The summed E-state index contributed by atoms with van der Waals surface area (Å²) in [4.78, 5) is 22.1. The van der Waals surface area contributed by atoms with Crippen LogP contribution in [0.15, 0.2) is 0 Å². The number of hydrogen-bond donors (Lipinski definition) is 2. The van der Waals surface area contributed by atoms with E-state index in [9.17, 15) is 9.59 Å². The highest BCUT2D eigenvalue weighted by atomic mass is 16.4. The summed E-state index contributed by atoms with van der Waals surface area (Å²) in [6, 6.07) is -0.748. The van der Waals surface area contributed by atoms with Crippen molar-refractivity contribution >= 4 is 11.9 Å². The molecule has 0 heterocycles. The van der Waals surface area contributed by atoms with E-state index in [4.69, 9.17) is 5.11 Å². The van der Waals surface area contributed by atoms with Crippen molar-refractivity contribution in [1.82, 2.24) is 5.32 Å². The van der Waals surface area contributed by atoms with Crippen LogP contribution in [0.5, 0.6) is 0 Å². The number of rotatable bonds is 6. The van der Waals surface area contributed by atoms with Gasteiger partial charge in [-0.3, -0.25) is 4.79 Å². The van der Waals surface area contributed by atoms with E-state index in [0.717, 1.165) is 12.8 Å². The van der Waals surface area contributed by atoms with Gasteiger partial charge in [0.1, 0.15) is 6.04 Å². The van der Waals surface area contributed by atoms with Gasteiger partial charge in [-0.15, -0.1) is 0 Å². The number of carboxylic acids is 1. The molecule has 4 heteroatoms. The zero-order valence-corrected chi connectivity index (χ0v) is 9.04. The normalized spacial score (nSPS) is 14.5. The second-order valence-corrected chi connectivity index (χ2v) is 3.50. The summed E-state index contributed by atoms with van der Waals surface area (Å²) in [5.74, 6) is -1.24. The molecule has 82 valence electrons. The van der Waals surface area contributed by atoms with Crippen LogP contribution in [-0.2, 0) is 9.59 Å². The van der Waals surface area contributed by atoms with E-state index in [1.54, 1.807) is 6.92 Å². The Balaban J connectivity index is 4.08. The fourth-order valence-electron chi connectivity index (χ4n) is 1.22. The Morgan fingerprint density at radius 3 is 2.29 bits per heavy atom. The molecule has 0 bridgehead atoms. The minimum Gasteiger partial charge on any atom is -0.480 e. The Bertz CT molecular complexity index is 204. The lowest BCUT2D eigenvalue weighted by Gasteiger charge is -2.15. The molecule has 0 aliphatic carbocycles. The number of carboxylic acid groups (broad SMARTS) is 1. The van der Waals surface area contributed by atoms with Gasteiger partial charge >= 0.3 is 5.97 Å². The van der Waals surface area contributed by atoms with E-state index in [1.165, 1.54) is 0 Å². The molecule has 0 aliphatic rings. The first-order valence-corrected chi connectivity index (χ1v) is 5.06. The molecular formula is C10H19NO3. The van der Waals surface area contributed by atoms with Crippen LogP contribution in [0.2, 0.25) is 0 Å². The van der Waals surface area contributed by atoms with Crippen molar-refractivity contribution in [2.45, 2.75) is 46.1 Å². The quantitative estimate of drug-likeness (QED) is 0.682. The molecule has 0 saturated carbocycles. The predicted octanol–water partition coefficient (Wildman–Crippen LogP) is 1.40. The van der Waals surface area contributed by atoms with Crippen molar-refractivity contribution in [3.8, 4) is 0 Å². The van der Waals surface area contributed by atoms with Crippen LogP contribution in [0.4, 0.5) is 0 Å². The van der Waals surface area contributed by atoms with Crippen LogP contribution in [0.3, 0.4) is 0 Å². The average molecular weight is 201 g/mol. The van der Waals surface area contributed by atoms with Crippen LogP contribution < -0.4 is 5.32 Å². The van der Waals surface area contributed by atoms with Crippen LogP contribution in [-0.4, -0.2) is 23.0 Å². The van der Waals surface area contributed by atoms with Crippen molar-refractivity contribution in [3.05, 3.63) is 0 Å². The number of carbonyl (C=O) groups is 2. The standard InChI is InChI=1S/C10H19NO3/c1-4-6-7(3)9(12)11-8(5-2)10(13)14/h7-8H,4-6H2,1-3H3,(H,11,12)(H,13,14)/t7?,8-/m0/s1. The Kier molecular flexibility index (Phi) is 5.92. The van der Waals surface area contributed by atoms with Crippen molar-refractivity contribution in [3.63, 3.8) is 0 Å². The van der Waals surface area contributed by atoms with E-state index >= 15 is 0 Å². The highest BCUT2D eigenvalue weighted by Crippen LogP contribution is 2.05. The van der Waals surface area contributed by atoms with Crippen LogP contribution >= 0.6 is 0 Å². The van der Waals surface area contributed by atoms with E-state index in [0.29, 0.717) is 6.42 Å². The van der Waals surface area contributed by atoms with Crippen LogP contribution in [0, 0.1) is 5.92 Å². The van der Waals surface area contributed by atoms with Gasteiger partial charge in [0.25, 0.3) is 0 Å². The molecule has 1 unspecified atom stereocenters. The van der Waals surface area contributed by atoms with Gasteiger partial charge < -0.3 is 10.4 Å². The summed E-state index contributed by atoms with van der Waals surface area (Å²) in [6.45, 7) is 5.55. The largest absolute Gasteiger partial charge is 0.480 e. The Labute approximate surface area is 84.7 Å². The summed E-state index contributed by atoms with van der Waals surface area (Å²) in [7, 11) is 0. The SMILES string of the molecule is CCCC(C)C(=O)N[C@@H](CC)C(=O)O. The first-order valence-electron chi connectivity index (χ1n) is 5.06. The molecule has 2 N–H and O–H groups in total. The fraction of sp³-hybridized carbons (Fsp3) is 0.800. The third-order valence-corrected chi connectivity index (χ3v) is 2.19. The zero-order valence-electron chi connectivity index (χ0n) is 9.04. The predicted molar refractivity (Wildman–Crippen MR) is 53.9 cm³/mol. The van der Waals surface area contributed by atoms with Crippen molar-refractivity contribution in [1.29, 1.82) is 0 Å². The second-order valence-electron chi connectivity index (χ2n) is 3.50. The maximum Gasteiger partial charge on any atom is 0.326 e. The second kappa shape index (κ2) is 6.40. The minimum atomic E-state index is -0.968. The van der Waals surface area contributed by atoms with Crippen LogP contribution in [0.25, 0.3) is 0 Å². The van der Waals surface area contributed by atoms with Gasteiger partial charge in [0.2, 0.25) is 5.91 Å². The fourth-order valence-corrected chi connectivity index (χ4v) is 1.22. The number of hydrogen-bond acceptors (Lipinski definition) is 2. The number of carbonyl (C=O) groups excluding carboxylic acids is 1. The monoisotopic (exact) mass is 201 g/mol. The maximum absolute atomic E-state index is 11.4. The molecule has 0 fully saturated rings. The van der Waals surface area contributed by atoms with Gasteiger partial charge in [0.15, 0.2) is 0 Å². The summed E-state index contributed by atoms with van der Waals surface area (Å²) >= 11 is 0. The minimum absolute atomic E-state index is 0.103. The molecule has 4 nitrogen and oxygen atoms in total. The van der Waals surface area contributed by atoms with Gasteiger partial charge in [0.05, 0.1) is 0 Å². The molecule has 1 amide bonds. The van der Waals surface area contributed by atoms with Crippen LogP contribution in [0.1, 0.15) is 40.0 Å². The zero-order chi connectivity index (χ0) is 11.1. The van der Waals surface area contributed by atoms with Gasteiger partial charge in [-0.25, -0.2) is 4.79 Å². The molecule has 0 aromatic carbocycles. The molecule has 0 aromatic heterocycles.